The number of hydrogen-bond donors (Lipinski definition) is 2. The molecule has 1 heterocycles. The number of hydrogen-bond acceptors (Lipinski definition) is 4. The summed E-state index contributed by atoms with van der Waals surface area (Å²) in [5, 5.41) is 7.65. The molecule has 2 aromatic carbocycles. The molecular formula is C34H50Cl2CoN4. The van der Waals surface area contributed by atoms with Gasteiger partial charge in [-0.3, -0.25) is 9.88 Å². The molecule has 0 saturated heterocycles. The fraction of sp³-hybridized carbons (Fsp3) is 0.500. The third-order valence-corrected chi connectivity index (χ3v) is 7.63. The van der Waals surface area contributed by atoms with Gasteiger partial charge in [0.1, 0.15) is 0 Å². The van der Waals surface area contributed by atoms with Crippen molar-refractivity contribution in [1.29, 1.82) is 0 Å². The normalized spacial score (nSPS) is 10.4. The molecule has 0 aliphatic heterocycles. The molecule has 41 heavy (non-hydrogen) atoms. The van der Waals surface area contributed by atoms with Crippen LogP contribution in [-0.2, 0) is 61.8 Å². The number of benzene rings is 2. The zero-order chi connectivity index (χ0) is 27.3. The molecule has 1 radical (unpaired) electrons. The van der Waals surface area contributed by atoms with Crippen LogP contribution < -0.4 is 35.4 Å². The maximum Gasteiger partial charge on any atom is 2.00 e. The number of anilines is 2. The summed E-state index contributed by atoms with van der Waals surface area (Å²) in [6.07, 6.45) is 8.30. The minimum atomic E-state index is 0. The van der Waals surface area contributed by atoms with E-state index in [1.54, 1.807) is 0 Å². The van der Waals surface area contributed by atoms with Gasteiger partial charge in [-0.05, 0) is 84.0 Å². The monoisotopic (exact) mass is 643 g/mol. The van der Waals surface area contributed by atoms with Crippen molar-refractivity contribution >= 4 is 11.4 Å². The van der Waals surface area contributed by atoms with Crippen LogP contribution in [0.5, 0.6) is 0 Å². The summed E-state index contributed by atoms with van der Waals surface area (Å²) in [4.78, 5) is 7.14. The molecule has 229 valence electrons. The van der Waals surface area contributed by atoms with Gasteiger partial charge in [-0.15, -0.1) is 0 Å². The molecule has 0 unspecified atom stereocenters. The number of aryl methyl sites for hydroxylation is 6. The van der Waals surface area contributed by atoms with Crippen molar-refractivity contribution in [3.05, 3.63) is 87.7 Å². The number of aromatic nitrogens is 1. The third kappa shape index (κ3) is 11.4. The molecule has 0 aliphatic carbocycles. The molecule has 3 aromatic rings. The summed E-state index contributed by atoms with van der Waals surface area (Å²) in [7, 11) is 0. The molecule has 0 fully saturated rings. The van der Waals surface area contributed by atoms with E-state index in [1.807, 2.05) is 12.3 Å². The summed E-state index contributed by atoms with van der Waals surface area (Å²) >= 11 is 0. The van der Waals surface area contributed by atoms with Crippen molar-refractivity contribution in [3.63, 3.8) is 0 Å². The maximum atomic E-state index is 4.62. The largest absolute Gasteiger partial charge is 2.00 e. The predicted octanol–water partition coefficient (Wildman–Crippen LogP) is 1.49. The Hall–Kier alpha value is -1.76. The van der Waals surface area contributed by atoms with E-state index in [1.165, 1.54) is 44.8 Å². The first-order valence-corrected chi connectivity index (χ1v) is 15.0. The minimum absolute atomic E-state index is 0. The average molecular weight is 645 g/mol. The molecule has 3 rings (SSSR count). The minimum Gasteiger partial charge on any atom is -1.00 e. The van der Waals surface area contributed by atoms with Crippen LogP contribution in [0.4, 0.5) is 11.4 Å². The maximum absolute atomic E-state index is 4.62. The standard InChI is InChI=1S/C34H50N4.2ClH.Co/c1-7-26-21-28(9-3)33(29(10-4)22-26)36-17-19-38(25-32-15-13-14-16-35-32)20-18-37-34-30(11-5)23-27(8-2)24-31(34)12-6;;;/h13-16,21-24,36-37H,7-12,17-20,25H2,1-6H3;2*1H;/q;;;+2/p-2. The first-order chi connectivity index (χ1) is 18.6. The number of rotatable bonds is 16. The molecule has 7 heteroatoms. The molecule has 4 nitrogen and oxygen atoms in total. The van der Waals surface area contributed by atoms with Crippen molar-refractivity contribution in [1.82, 2.24) is 9.88 Å². The topological polar surface area (TPSA) is 40.2 Å². The van der Waals surface area contributed by atoms with Gasteiger partial charge in [0.05, 0.1) is 5.69 Å². The predicted molar refractivity (Wildman–Crippen MR) is 166 cm³/mol. The Balaban J connectivity index is 0.00000533. The van der Waals surface area contributed by atoms with Gasteiger partial charge < -0.3 is 35.4 Å². The number of halogens is 2. The van der Waals surface area contributed by atoms with Crippen LogP contribution in [0.25, 0.3) is 0 Å². The first kappa shape index (κ1) is 39.2. The van der Waals surface area contributed by atoms with Crippen molar-refractivity contribution in [2.24, 2.45) is 0 Å². The molecule has 0 amide bonds. The smallest absolute Gasteiger partial charge is 1.00 e. The van der Waals surface area contributed by atoms with Crippen molar-refractivity contribution in [3.8, 4) is 0 Å². The van der Waals surface area contributed by atoms with Gasteiger partial charge in [0.25, 0.3) is 0 Å². The van der Waals surface area contributed by atoms with Crippen LogP contribution in [0.1, 0.15) is 80.6 Å². The zero-order valence-corrected chi connectivity index (χ0v) is 28.4. The van der Waals surface area contributed by atoms with Crippen LogP contribution in [0, 0.1) is 0 Å². The summed E-state index contributed by atoms with van der Waals surface area (Å²) in [6.45, 7) is 18.2. The summed E-state index contributed by atoms with van der Waals surface area (Å²) in [5.74, 6) is 0. The van der Waals surface area contributed by atoms with Gasteiger partial charge in [0.2, 0.25) is 0 Å². The van der Waals surface area contributed by atoms with Crippen LogP contribution in [0.15, 0.2) is 48.7 Å². The number of pyridine rings is 1. The van der Waals surface area contributed by atoms with Gasteiger partial charge in [0.15, 0.2) is 0 Å². The molecule has 2 N–H and O–H groups in total. The van der Waals surface area contributed by atoms with Crippen molar-refractivity contribution in [2.45, 2.75) is 86.6 Å². The van der Waals surface area contributed by atoms with Crippen LogP contribution >= 0.6 is 0 Å². The second-order valence-electron chi connectivity index (χ2n) is 10.2. The summed E-state index contributed by atoms with van der Waals surface area (Å²) in [6, 6.07) is 15.8. The Labute approximate surface area is 272 Å². The molecule has 0 spiro atoms. The van der Waals surface area contributed by atoms with Gasteiger partial charge in [-0.2, -0.15) is 0 Å². The Kier molecular flexibility index (Phi) is 20.1. The van der Waals surface area contributed by atoms with Crippen LogP contribution in [0.2, 0.25) is 0 Å². The first-order valence-electron chi connectivity index (χ1n) is 15.0. The summed E-state index contributed by atoms with van der Waals surface area (Å²) < 4.78 is 0. The molecule has 1 aromatic heterocycles. The van der Waals surface area contributed by atoms with E-state index >= 15 is 0 Å². The van der Waals surface area contributed by atoms with Gasteiger partial charge in [-0.1, -0.05) is 71.9 Å². The second-order valence-corrected chi connectivity index (χ2v) is 10.2. The van der Waals surface area contributed by atoms with Crippen molar-refractivity contribution < 1.29 is 41.6 Å². The van der Waals surface area contributed by atoms with E-state index in [4.69, 9.17) is 0 Å². The SMILES string of the molecule is CCc1cc(CC)c(NCCN(CCNc2c(CC)cc(CC)cc2CC)Cc2ccccn2)c(CC)c1.[Cl-].[Cl-].[Co+2]. The van der Waals surface area contributed by atoms with Gasteiger partial charge >= 0.3 is 16.8 Å². The number of nitrogens with one attached hydrogen (secondary N) is 2. The third-order valence-electron chi connectivity index (χ3n) is 7.63. The molecule has 0 aliphatic rings. The Morgan fingerprint density at radius 1 is 0.610 bits per heavy atom. The number of nitrogens with zero attached hydrogens (tertiary/aromatic N) is 2. The van der Waals surface area contributed by atoms with Crippen LogP contribution in [0.3, 0.4) is 0 Å². The van der Waals surface area contributed by atoms with E-state index in [9.17, 15) is 0 Å². The Morgan fingerprint density at radius 3 is 1.34 bits per heavy atom. The van der Waals surface area contributed by atoms with Crippen LogP contribution in [-0.4, -0.2) is 36.1 Å². The fourth-order valence-corrected chi connectivity index (χ4v) is 5.33. The van der Waals surface area contributed by atoms with E-state index < -0.39 is 0 Å². The Bertz CT molecular complexity index is 1020. The zero-order valence-electron chi connectivity index (χ0n) is 25.9. The molecule has 0 bridgehead atoms. The van der Waals surface area contributed by atoms with Crippen molar-refractivity contribution in [2.75, 3.05) is 36.8 Å². The molecular weight excluding hydrogens is 594 g/mol. The van der Waals surface area contributed by atoms with Gasteiger partial charge in [-0.25, -0.2) is 0 Å². The molecule has 0 saturated carbocycles. The quantitative estimate of drug-likeness (QED) is 0.248. The van der Waals surface area contributed by atoms with E-state index in [0.717, 1.165) is 76.9 Å². The summed E-state index contributed by atoms with van der Waals surface area (Å²) in [5.41, 5.74) is 12.5. The van der Waals surface area contributed by atoms with Gasteiger partial charge in [0, 0.05) is 50.3 Å². The van der Waals surface area contributed by atoms with E-state index in [2.05, 4.69) is 98.5 Å². The average Bonchev–Trinajstić information content (AvgIpc) is 2.97. The van der Waals surface area contributed by atoms with E-state index in [0.29, 0.717) is 0 Å². The Morgan fingerprint density at radius 2 is 1.02 bits per heavy atom. The second kappa shape index (κ2) is 21.0. The molecule has 0 atom stereocenters. The fourth-order valence-electron chi connectivity index (χ4n) is 5.33. The van der Waals surface area contributed by atoms with E-state index in [-0.39, 0.29) is 41.6 Å².